The molecule has 0 amide bonds. The maximum Gasteiger partial charge on any atom is 0.0945 e. The number of imidazole rings is 1. The Kier molecular flexibility index (Phi) is 4.74. The quantitative estimate of drug-likeness (QED) is 0.539. The summed E-state index contributed by atoms with van der Waals surface area (Å²) in [7, 11) is 0. The smallest absolute Gasteiger partial charge is 0.0945 e. The van der Waals surface area contributed by atoms with E-state index < -0.39 is 5.54 Å². The van der Waals surface area contributed by atoms with Crippen LogP contribution in [0.5, 0.6) is 0 Å². The molecular weight excluding hydrogens is 194 g/mol. The summed E-state index contributed by atoms with van der Waals surface area (Å²) in [6.07, 6.45) is 6.37. The summed E-state index contributed by atoms with van der Waals surface area (Å²) >= 11 is 0. The van der Waals surface area contributed by atoms with E-state index in [4.69, 9.17) is 10.2 Å². The van der Waals surface area contributed by atoms with Crippen LogP contribution in [0.25, 0.3) is 0 Å². The van der Waals surface area contributed by atoms with E-state index in [1.165, 1.54) is 0 Å². The molecule has 0 bridgehead atoms. The van der Waals surface area contributed by atoms with Gasteiger partial charge in [0.2, 0.25) is 0 Å². The van der Waals surface area contributed by atoms with Crippen LogP contribution in [-0.4, -0.2) is 45.1 Å². The van der Waals surface area contributed by atoms with Gasteiger partial charge in [-0.25, -0.2) is 4.98 Å². The van der Waals surface area contributed by atoms with Crippen molar-refractivity contribution in [3.63, 3.8) is 0 Å². The van der Waals surface area contributed by atoms with E-state index in [0.29, 0.717) is 0 Å². The summed E-state index contributed by atoms with van der Waals surface area (Å²) in [4.78, 5) is 3.94. The molecule has 1 heterocycles. The predicted molar refractivity (Wildman–Crippen MR) is 57.4 cm³/mol. The third kappa shape index (κ3) is 3.99. The van der Waals surface area contributed by atoms with Crippen molar-refractivity contribution in [3.8, 4) is 0 Å². The third-order valence-electron chi connectivity index (χ3n) is 2.40. The van der Waals surface area contributed by atoms with E-state index in [2.05, 4.69) is 10.3 Å². The Morgan fingerprint density at radius 3 is 2.67 bits per heavy atom. The SMILES string of the molecule is CC(CO)(CO)NCCCn1ccnc1. The van der Waals surface area contributed by atoms with Gasteiger partial charge in [-0.05, 0) is 19.9 Å². The first-order valence-electron chi connectivity index (χ1n) is 5.13. The molecule has 86 valence electrons. The molecule has 1 aromatic rings. The van der Waals surface area contributed by atoms with Crippen LogP contribution in [0.4, 0.5) is 0 Å². The van der Waals surface area contributed by atoms with E-state index in [9.17, 15) is 0 Å². The average molecular weight is 213 g/mol. The lowest BCUT2D eigenvalue weighted by Gasteiger charge is -2.26. The molecule has 0 atom stereocenters. The first kappa shape index (κ1) is 12.2. The molecule has 0 spiro atoms. The third-order valence-corrected chi connectivity index (χ3v) is 2.40. The molecule has 1 aromatic heterocycles. The van der Waals surface area contributed by atoms with Crippen molar-refractivity contribution in [2.24, 2.45) is 0 Å². The summed E-state index contributed by atoms with van der Waals surface area (Å²) in [5.41, 5.74) is -0.574. The van der Waals surface area contributed by atoms with Crippen molar-refractivity contribution < 1.29 is 10.2 Å². The molecule has 0 aliphatic rings. The van der Waals surface area contributed by atoms with Gasteiger partial charge in [0.05, 0.1) is 25.1 Å². The van der Waals surface area contributed by atoms with Crippen LogP contribution in [0, 0.1) is 0 Å². The number of hydrogen-bond donors (Lipinski definition) is 3. The second-order valence-electron chi connectivity index (χ2n) is 3.96. The van der Waals surface area contributed by atoms with Gasteiger partial charge in [0.25, 0.3) is 0 Å². The number of nitrogens with one attached hydrogen (secondary N) is 1. The number of aryl methyl sites for hydroxylation is 1. The highest BCUT2D eigenvalue weighted by molar-refractivity contribution is 4.81. The predicted octanol–water partition coefficient (Wildman–Crippen LogP) is -0.394. The fraction of sp³-hybridized carbons (Fsp3) is 0.700. The molecule has 0 radical (unpaired) electrons. The van der Waals surface area contributed by atoms with Crippen molar-refractivity contribution in [1.82, 2.24) is 14.9 Å². The minimum Gasteiger partial charge on any atom is -0.394 e. The lowest BCUT2D eigenvalue weighted by Crippen LogP contribution is -2.49. The lowest BCUT2D eigenvalue weighted by atomic mass is 10.1. The normalized spacial score (nSPS) is 11.9. The number of nitrogens with zero attached hydrogens (tertiary/aromatic N) is 2. The number of hydrogen-bond acceptors (Lipinski definition) is 4. The van der Waals surface area contributed by atoms with E-state index in [-0.39, 0.29) is 13.2 Å². The van der Waals surface area contributed by atoms with Crippen molar-refractivity contribution in [2.75, 3.05) is 19.8 Å². The Hall–Kier alpha value is -0.910. The molecular formula is C10H19N3O2. The Bertz CT molecular complexity index is 258. The van der Waals surface area contributed by atoms with Gasteiger partial charge >= 0.3 is 0 Å². The number of rotatable bonds is 7. The van der Waals surface area contributed by atoms with E-state index >= 15 is 0 Å². The molecule has 0 aliphatic heterocycles. The van der Waals surface area contributed by atoms with Gasteiger partial charge in [-0.15, -0.1) is 0 Å². The van der Waals surface area contributed by atoms with Gasteiger partial charge in [0.1, 0.15) is 0 Å². The molecule has 15 heavy (non-hydrogen) atoms. The lowest BCUT2D eigenvalue weighted by molar-refractivity contribution is 0.104. The fourth-order valence-electron chi connectivity index (χ4n) is 1.23. The van der Waals surface area contributed by atoms with E-state index in [1.807, 2.05) is 10.8 Å². The van der Waals surface area contributed by atoms with Gasteiger partial charge in [0, 0.05) is 18.9 Å². The summed E-state index contributed by atoms with van der Waals surface area (Å²) < 4.78 is 2.00. The summed E-state index contributed by atoms with van der Waals surface area (Å²) in [5.74, 6) is 0. The molecule has 5 heteroatoms. The molecule has 3 N–H and O–H groups in total. The molecule has 0 unspecified atom stereocenters. The highest BCUT2D eigenvalue weighted by Gasteiger charge is 2.20. The second-order valence-corrected chi connectivity index (χ2v) is 3.96. The van der Waals surface area contributed by atoms with E-state index in [0.717, 1.165) is 19.5 Å². The molecule has 5 nitrogen and oxygen atoms in total. The summed E-state index contributed by atoms with van der Waals surface area (Å²) in [5, 5.41) is 21.2. The topological polar surface area (TPSA) is 70.3 Å². The number of aromatic nitrogens is 2. The van der Waals surface area contributed by atoms with Crippen LogP contribution in [0.15, 0.2) is 18.7 Å². The zero-order chi connectivity index (χ0) is 11.1. The molecule has 1 rings (SSSR count). The van der Waals surface area contributed by atoms with Crippen LogP contribution in [0.2, 0.25) is 0 Å². The standard InChI is InChI=1S/C10H19N3O2/c1-10(7-14,8-15)12-3-2-5-13-6-4-11-9-13/h4,6,9,12,14-15H,2-3,5,7-8H2,1H3. The van der Waals surface area contributed by atoms with Crippen LogP contribution >= 0.6 is 0 Å². The monoisotopic (exact) mass is 213 g/mol. The molecule has 0 saturated heterocycles. The largest absolute Gasteiger partial charge is 0.394 e. The Balaban J connectivity index is 2.16. The Morgan fingerprint density at radius 2 is 2.13 bits per heavy atom. The maximum atomic E-state index is 9.03. The second kappa shape index (κ2) is 5.85. The van der Waals surface area contributed by atoms with Gasteiger partial charge in [-0.2, -0.15) is 0 Å². The highest BCUT2D eigenvalue weighted by Crippen LogP contribution is 2.00. The van der Waals surface area contributed by atoms with Crippen LogP contribution in [0.3, 0.4) is 0 Å². The van der Waals surface area contributed by atoms with Gasteiger partial charge in [0.15, 0.2) is 0 Å². The Labute approximate surface area is 89.8 Å². The minimum absolute atomic E-state index is 0.0609. The van der Waals surface area contributed by atoms with Gasteiger partial charge < -0.3 is 20.1 Å². The first-order chi connectivity index (χ1) is 7.20. The zero-order valence-corrected chi connectivity index (χ0v) is 9.06. The van der Waals surface area contributed by atoms with Crippen molar-refractivity contribution in [2.45, 2.75) is 25.4 Å². The first-order valence-corrected chi connectivity index (χ1v) is 5.13. The van der Waals surface area contributed by atoms with Crippen molar-refractivity contribution >= 4 is 0 Å². The van der Waals surface area contributed by atoms with E-state index in [1.54, 1.807) is 19.4 Å². The molecule has 0 saturated carbocycles. The summed E-state index contributed by atoms with van der Waals surface area (Å²) in [6, 6.07) is 0. The molecule has 0 fully saturated rings. The number of aliphatic hydroxyl groups excluding tert-OH is 2. The van der Waals surface area contributed by atoms with Gasteiger partial charge in [-0.1, -0.05) is 0 Å². The fourth-order valence-corrected chi connectivity index (χ4v) is 1.23. The highest BCUT2D eigenvalue weighted by atomic mass is 16.3. The maximum absolute atomic E-state index is 9.03. The van der Waals surface area contributed by atoms with Crippen LogP contribution in [-0.2, 0) is 6.54 Å². The van der Waals surface area contributed by atoms with Crippen molar-refractivity contribution in [1.29, 1.82) is 0 Å². The Morgan fingerprint density at radius 1 is 1.40 bits per heavy atom. The van der Waals surface area contributed by atoms with Crippen molar-refractivity contribution in [3.05, 3.63) is 18.7 Å². The molecule has 0 aliphatic carbocycles. The molecule has 0 aromatic carbocycles. The minimum atomic E-state index is -0.574. The number of aliphatic hydroxyl groups is 2. The summed E-state index contributed by atoms with van der Waals surface area (Å²) in [6.45, 7) is 3.32. The average Bonchev–Trinajstić information content (AvgIpc) is 2.77. The van der Waals surface area contributed by atoms with Crippen LogP contribution in [0.1, 0.15) is 13.3 Å². The van der Waals surface area contributed by atoms with Crippen LogP contribution < -0.4 is 5.32 Å². The zero-order valence-electron chi connectivity index (χ0n) is 9.06. The van der Waals surface area contributed by atoms with Gasteiger partial charge in [-0.3, -0.25) is 0 Å².